The van der Waals surface area contributed by atoms with Gasteiger partial charge in [-0.2, -0.15) is 0 Å². The van der Waals surface area contributed by atoms with Crippen LogP contribution in [0.5, 0.6) is 0 Å². The summed E-state index contributed by atoms with van der Waals surface area (Å²) in [5.74, 6) is -0.941. The molecule has 0 aromatic carbocycles. The number of amides is 1. The highest BCUT2D eigenvalue weighted by Gasteiger charge is 2.47. The van der Waals surface area contributed by atoms with E-state index in [0.29, 0.717) is 31.5 Å². The molecule has 10 atom stereocenters. The van der Waals surface area contributed by atoms with Gasteiger partial charge in [-0.3, -0.25) is 9.69 Å². The quantitative estimate of drug-likeness (QED) is 0.103. The Balaban J connectivity index is 1.72. The van der Waals surface area contributed by atoms with Crippen molar-refractivity contribution in [2.24, 2.45) is 11.8 Å². The van der Waals surface area contributed by atoms with Crippen molar-refractivity contribution in [3.63, 3.8) is 0 Å². The zero-order chi connectivity index (χ0) is 35.6. The third-order valence-electron chi connectivity index (χ3n) is 10.1. The van der Waals surface area contributed by atoms with Gasteiger partial charge in [0.05, 0.1) is 36.4 Å². The lowest BCUT2D eigenvalue weighted by Gasteiger charge is -2.37. The van der Waals surface area contributed by atoms with E-state index in [0.717, 1.165) is 32.5 Å². The largest absolute Gasteiger partial charge is 0.457 e. The van der Waals surface area contributed by atoms with Crippen LogP contribution in [0.15, 0.2) is 36.0 Å². The number of piperazine rings is 1. The van der Waals surface area contributed by atoms with Crippen molar-refractivity contribution in [2.75, 3.05) is 32.7 Å². The Morgan fingerprint density at radius 3 is 2.56 bits per heavy atom. The fourth-order valence-corrected chi connectivity index (χ4v) is 6.52. The minimum absolute atomic E-state index is 0.0105. The van der Waals surface area contributed by atoms with E-state index in [1.165, 1.54) is 0 Å². The molecule has 0 aromatic heterocycles. The molecule has 3 heterocycles. The van der Waals surface area contributed by atoms with Crippen molar-refractivity contribution < 1.29 is 44.2 Å². The number of hydrogen-bond donors (Lipinski definition) is 4. The second-order valence-corrected chi connectivity index (χ2v) is 14.7. The summed E-state index contributed by atoms with van der Waals surface area (Å²) in [6.07, 6.45) is 8.01. The number of allylic oxidation sites excluding steroid dienone is 2. The number of epoxide rings is 1. The van der Waals surface area contributed by atoms with Crippen molar-refractivity contribution in [3.05, 3.63) is 36.0 Å². The van der Waals surface area contributed by atoms with Crippen LogP contribution < -0.4 is 0 Å². The monoisotopic (exact) mass is 678 g/mol. The topological polar surface area (TPSA) is 153 Å². The number of hydrogen-bond acceptors (Lipinski definition) is 10. The smallest absolute Gasteiger partial charge is 0.410 e. The lowest BCUT2D eigenvalue weighted by molar-refractivity contribution is -0.151. The van der Waals surface area contributed by atoms with Gasteiger partial charge in [0.2, 0.25) is 0 Å². The summed E-state index contributed by atoms with van der Waals surface area (Å²) in [5.41, 5.74) is -1.93. The first-order valence-corrected chi connectivity index (χ1v) is 17.9. The number of nitrogens with zero attached hydrogens (tertiary/aromatic N) is 2. The number of aliphatic hydroxyl groups is 4. The molecular formula is C37H62N2O9. The molecule has 2 fully saturated rings. The van der Waals surface area contributed by atoms with Crippen molar-refractivity contribution >= 4 is 12.1 Å². The molecular weight excluding hydrogens is 616 g/mol. The maximum Gasteiger partial charge on any atom is 0.410 e. The highest BCUT2D eigenvalue weighted by Crippen LogP contribution is 2.37. The van der Waals surface area contributed by atoms with Crippen LogP contribution in [0, 0.1) is 11.8 Å². The predicted octanol–water partition coefficient (Wildman–Crippen LogP) is 4.13. The highest BCUT2D eigenvalue weighted by molar-refractivity contribution is 5.70. The van der Waals surface area contributed by atoms with E-state index >= 15 is 0 Å². The summed E-state index contributed by atoms with van der Waals surface area (Å²) in [5, 5.41) is 43.2. The molecule has 0 aliphatic carbocycles. The number of carbonyl (C=O) groups is 2. The molecule has 274 valence electrons. The Hall–Kier alpha value is -2.28. The number of rotatable bonds is 12. The number of unbranched alkanes of at least 4 members (excludes halogenated alkanes) is 1. The van der Waals surface area contributed by atoms with Gasteiger partial charge in [-0.1, -0.05) is 58.4 Å². The van der Waals surface area contributed by atoms with Crippen LogP contribution in [0.4, 0.5) is 4.79 Å². The Morgan fingerprint density at radius 2 is 1.92 bits per heavy atom. The van der Waals surface area contributed by atoms with Crippen LogP contribution >= 0.6 is 0 Å². The van der Waals surface area contributed by atoms with Crippen LogP contribution in [0.2, 0.25) is 0 Å². The average Bonchev–Trinajstić information content (AvgIpc) is 3.80. The van der Waals surface area contributed by atoms with Gasteiger partial charge in [-0.15, -0.1) is 0 Å². The highest BCUT2D eigenvalue weighted by atomic mass is 16.6. The predicted molar refractivity (Wildman–Crippen MR) is 184 cm³/mol. The Labute approximate surface area is 287 Å². The van der Waals surface area contributed by atoms with E-state index in [1.807, 2.05) is 27.7 Å². The van der Waals surface area contributed by atoms with Crippen molar-refractivity contribution in [3.8, 4) is 0 Å². The second-order valence-electron chi connectivity index (χ2n) is 14.7. The van der Waals surface area contributed by atoms with Crippen LogP contribution in [-0.4, -0.2) is 123 Å². The molecule has 0 spiro atoms. The van der Waals surface area contributed by atoms with E-state index in [4.69, 9.17) is 14.2 Å². The molecule has 0 aromatic rings. The molecule has 48 heavy (non-hydrogen) atoms. The molecule has 11 heteroatoms. The molecule has 3 aliphatic heterocycles. The fourth-order valence-electron chi connectivity index (χ4n) is 6.52. The third kappa shape index (κ3) is 12.2. The summed E-state index contributed by atoms with van der Waals surface area (Å²) >= 11 is 0. The number of esters is 1. The van der Waals surface area contributed by atoms with Gasteiger partial charge in [0.25, 0.3) is 0 Å². The van der Waals surface area contributed by atoms with E-state index in [-0.39, 0.29) is 43.3 Å². The molecule has 4 N–H and O–H groups in total. The van der Waals surface area contributed by atoms with E-state index in [2.05, 4.69) is 11.8 Å². The van der Waals surface area contributed by atoms with Crippen LogP contribution in [-0.2, 0) is 19.0 Å². The van der Waals surface area contributed by atoms with Crippen LogP contribution in [0.3, 0.4) is 0 Å². The third-order valence-corrected chi connectivity index (χ3v) is 10.1. The molecule has 0 saturated carbocycles. The summed E-state index contributed by atoms with van der Waals surface area (Å²) in [7, 11) is 0. The summed E-state index contributed by atoms with van der Waals surface area (Å²) in [6, 6.07) is 0. The molecule has 10 unspecified atom stereocenters. The van der Waals surface area contributed by atoms with Crippen molar-refractivity contribution in [2.45, 2.75) is 141 Å². The van der Waals surface area contributed by atoms with Gasteiger partial charge in [0, 0.05) is 44.4 Å². The number of cyclic esters (lactones) is 1. The summed E-state index contributed by atoms with van der Waals surface area (Å²) in [4.78, 5) is 30.1. The van der Waals surface area contributed by atoms with Gasteiger partial charge >= 0.3 is 12.1 Å². The standard InChI is InChI=1S/C37H62N2O9/c1-8-10-18-38-19-21-39(22-20-38)35(43)47-31-14-13-26(4)33(48-32(42)23-28(40)15-17-37(31,7)45)25(3)12-11-16-36(6,44)24-30-34(46-30)27(5)29(41)9-2/h11-14,16,26-31,33-34,40-41,44-45H,8-10,15,17-24H2,1-7H3/b14-13+,16-11+,25-12+. The summed E-state index contributed by atoms with van der Waals surface area (Å²) in [6.45, 7) is 16.7. The van der Waals surface area contributed by atoms with Crippen molar-refractivity contribution in [1.29, 1.82) is 0 Å². The zero-order valence-corrected chi connectivity index (χ0v) is 30.2. The minimum Gasteiger partial charge on any atom is -0.457 e. The van der Waals surface area contributed by atoms with Gasteiger partial charge in [0.1, 0.15) is 11.7 Å². The molecule has 0 radical (unpaired) electrons. The lowest BCUT2D eigenvalue weighted by Crippen LogP contribution is -2.51. The molecule has 3 aliphatic rings. The zero-order valence-electron chi connectivity index (χ0n) is 30.2. The maximum absolute atomic E-state index is 13.2. The Kier molecular flexibility index (Phi) is 15.1. The maximum atomic E-state index is 13.2. The molecule has 0 bridgehead atoms. The van der Waals surface area contributed by atoms with Gasteiger partial charge in [-0.05, 0) is 64.6 Å². The van der Waals surface area contributed by atoms with Gasteiger partial charge < -0.3 is 39.5 Å². The Morgan fingerprint density at radius 1 is 1.23 bits per heavy atom. The van der Waals surface area contributed by atoms with E-state index < -0.39 is 47.7 Å². The molecule has 1 amide bonds. The minimum atomic E-state index is -1.48. The molecule has 3 rings (SSSR count). The van der Waals surface area contributed by atoms with Gasteiger partial charge in [-0.25, -0.2) is 4.79 Å². The average molecular weight is 679 g/mol. The van der Waals surface area contributed by atoms with E-state index in [1.54, 1.807) is 49.1 Å². The van der Waals surface area contributed by atoms with Gasteiger partial charge in [0.15, 0.2) is 6.10 Å². The normalized spacial score (nSPS) is 34.4. The molecule has 11 nitrogen and oxygen atoms in total. The molecule has 2 saturated heterocycles. The first kappa shape index (κ1) is 40.2. The number of aliphatic hydroxyl groups excluding tert-OH is 2. The second kappa shape index (κ2) is 18.1. The fraction of sp³-hybridized carbons (Fsp3) is 0.784. The number of carbonyl (C=O) groups excluding carboxylic acids is 2. The first-order chi connectivity index (χ1) is 22.6. The SMILES string of the molecule is CCCCN1CCN(C(=O)OC2/C=C/C(C)C(/C(C)=C/C=C/C(C)(O)CC3OC3C(C)C(O)CC)OC(=O)CC(O)CCC2(C)O)CC1. The van der Waals surface area contributed by atoms with Crippen molar-refractivity contribution in [1.82, 2.24) is 9.80 Å². The Bertz CT molecular complexity index is 1130. The summed E-state index contributed by atoms with van der Waals surface area (Å²) < 4.78 is 17.5. The van der Waals surface area contributed by atoms with Crippen LogP contribution in [0.25, 0.3) is 0 Å². The van der Waals surface area contributed by atoms with Crippen LogP contribution in [0.1, 0.15) is 93.4 Å². The lowest BCUT2D eigenvalue weighted by atomic mass is 9.88. The number of ether oxygens (including phenoxy) is 3. The first-order valence-electron chi connectivity index (χ1n) is 17.9. The van der Waals surface area contributed by atoms with E-state index in [9.17, 15) is 30.0 Å².